The standard InChI is InChI=1S/C17H17BrN2/c1-12-6-13(2)8-16(7-12)20(3)17-5-4-14(10-18)9-15(17)11-19/h4-9H,10H2,1-3H3. The molecule has 102 valence electrons. The lowest BCUT2D eigenvalue weighted by Gasteiger charge is -2.22. The fourth-order valence-electron chi connectivity index (χ4n) is 2.33. The third-order valence-electron chi connectivity index (χ3n) is 3.29. The maximum absolute atomic E-state index is 9.35. The van der Waals surface area contributed by atoms with E-state index in [1.807, 2.05) is 25.2 Å². The summed E-state index contributed by atoms with van der Waals surface area (Å²) in [5.41, 5.74) is 6.29. The zero-order chi connectivity index (χ0) is 14.7. The predicted octanol–water partition coefficient (Wildman–Crippen LogP) is 4.84. The average molecular weight is 329 g/mol. The van der Waals surface area contributed by atoms with Gasteiger partial charge in [0.1, 0.15) is 6.07 Å². The van der Waals surface area contributed by atoms with Crippen molar-refractivity contribution in [3.05, 3.63) is 58.7 Å². The Morgan fingerprint density at radius 2 is 1.75 bits per heavy atom. The average Bonchev–Trinajstić information content (AvgIpc) is 2.44. The highest BCUT2D eigenvalue weighted by atomic mass is 79.9. The van der Waals surface area contributed by atoms with Gasteiger partial charge in [0.25, 0.3) is 0 Å². The van der Waals surface area contributed by atoms with E-state index in [-0.39, 0.29) is 0 Å². The molecule has 2 aromatic carbocycles. The van der Waals surface area contributed by atoms with E-state index in [2.05, 4.69) is 58.9 Å². The summed E-state index contributed by atoms with van der Waals surface area (Å²) in [6, 6.07) is 14.7. The number of hydrogen-bond donors (Lipinski definition) is 0. The molecular weight excluding hydrogens is 312 g/mol. The van der Waals surface area contributed by atoms with E-state index in [9.17, 15) is 5.26 Å². The van der Waals surface area contributed by atoms with Crippen LogP contribution in [0.4, 0.5) is 11.4 Å². The largest absolute Gasteiger partial charge is 0.344 e. The molecule has 0 bridgehead atoms. The van der Waals surface area contributed by atoms with E-state index in [4.69, 9.17) is 0 Å². The van der Waals surface area contributed by atoms with Crippen molar-refractivity contribution in [3.8, 4) is 6.07 Å². The molecule has 0 aliphatic heterocycles. The molecule has 3 heteroatoms. The lowest BCUT2D eigenvalue weighted by Crippen LogP contribution is -2.11. The van der Waals surface area contributed by atoms with Crippen LogP contribution in [0.15, 0.2) is 36.4 Å². The van der Waals surface area contributed by atoms with Crippen molar-refractivity contribution in [3.63, 3.8) is 0 Å². The molecule has 0 heterocycles. The first kappa shape index (κ1) is 14.6. The number of benzene rings is 2. The summed E-state index contributed by atoms with van der Waals surface area (Å²) in [7, 11) is 2.00. The van der Waals surface area contributed by atoms with Crippen LogP contribution >= 0.6 is 15.9 Å². The highest BCUT2D eigenvalue weighted by Gasteiger charge is 2.10. The SMILES string of the molecule is Cc1cc(C)cc(N(C)c2ccc(CBr)cc2C#N)c1. The molecule has 2 nitrogen and oxygen atoms in total. The Morgan fingerprint density at radius 1 is 1.10 bits per heavy atom. The monoisotopic (exact) mass is 328 g/mol. The first-order valence-corrected chi connectivity index (χ1v) is 7.58. The van der Waals surface area contributed by atoms with Gasteiger partial charge in [0.15, 0.2) is 0 Å². The second kappa shape index (κ2) is 6.11. The third kappa shape index (κ3) is 3.02. The molecule has 0 aromatic heterocycles. The number of alkyl halides is 1. The van der Waals surface area contributed by atoms with Crippen molar-refractivity contribution in [2.24, 2.45) is 0 Å². The third-order valence-corrected chi connectivity index (χ3v) is 3.94. The predicted molar refractivity (Wildman–Crippen MR) is 87.8 cm³/mol. The van der Waals surface area contributed by atoms with Crippen molar-refractivity contribution in [1.29, 1.82) is 5.26 Å². The summed E-state index contributed by atoms with van der Waals surface area (Å²) in [5, 5.41) is 10.1. The molecule has 0 atom stereocenters. The number of aryl methyl sites for hydroxylation is 2. The van der Waals surface area contributed by atoms with Crippen molar-refractivity contribution in [2.75, 3.05) is 11.9 Å². The summed E-state index contributed by atoms with van der Waals surface area (Å²) in [4.78, 5) is 2.07. The van der Waals surface area contributed by atoms with E-state index in [1.165, 1.54) is 11.1 Å². The summed E-state index contributed by atoms with van der Waals surface area (Å²) in [5.74, 6) is 0. The van der Waals surface area contributed by atoms with Crippen LogP contribution in [-0.2, 0) is 5.33 Å². The van der Waals surface area contributed by atoms with E-state index in [0.29, 0.717) is 5.56 Å². The van der Waals surface area contributed by atoms with Gasteiger partial charge in [0.05, 0.1) is 11.3 Å². The second-order valence-electron chi connectivity index (χ2n) is 5.00. The lowest BCUT2D eigenvalue weighted by atomic mass is 10.1. The summed E-state index contributed by atoms with van der Waals surface area (Å²) >= 11 is 3.42. The molecule has 2 rings (SSSR count). The number of anilines is 2. The number of nitrogens with zero attached hydrogens (tertiary/aromatic N) is 2. The highest BCUT2D eigenvalue weighted by molar-refractivity contribution is 9.08. The molecule has 0 aliphatic rings. The zero-order valence-electron chi connectivity index (χ0n) is 11.9. The van der Waals surface area contributed by atoms with Gasteiger partial charge in [-0.15, -0.1) is 0 Å². The Labute approximate surface area is 128 Å². The van der Waals surface area contributed by atoms with Gasteiger partial charge in [0, 0.05) is 18.1 Å². The molecule has 2 aromatic rings. The Kier molecular flexibility index (Phi) is 4.46. The number of halogens is 1. The first-order chi connectivity index (χ1) is 9.55. The van der Waals surface area contributed by atoms with E-state index >= 15 is 0 Å². The van der Waals surface area contributed by atoms with Crippen molar-refractivity contribution < 1.29 is 0 Å². The summed E-state index contributed by atoms with van der Waals surface area (Å²) < 4.78 is 0. The van der Waals surface area contributed by atoms with Gasteiger partial charge < -0.3 is 4.90 Å². The Hall–Kier alpha value is -1.79. The molecular formula is C17H17BrN2. The molecule has 0 N–H and O–H groups in total. The molecule has 0 amide bonds. The van der Waals surface area contributed by atoms with E-state index < -0.39 is 0 Å². The number of hydrogen-bond acceptors (Lipinski definition) is 2. The van der Waals surface area contributed by atoms with Crippen LogP contribution in [0.1, 0.15) is 22.3 Å². The summed E-state index contributed by atoms with van der Waals surface area (Å²) in [6.07, 6.45) is 0. The van der Waals surface area contributed by atoms with Gasteiger partial charge in [0.2, 0.25) is 0 Å². The summed E-state index contributed by atoms with van der Waals surface area (Å²) in [6.45, 7) is 4.17. The molecule has 20 heavy (non-hydrogen) atoms. The molecule has 0 saturated heterocycles. The minimum absolute atomic E-state index is 0.698. The van der Waals surface area contributed by atoms with Crippen LogP contribution in [-0.4, -0.2) is 7.05 Å². The van der Waals surface area contributed by atoms with E-state index in [1.54, 1.807) is 0 Å². The van der Waals surface area contributed by atoms with Crippen LogP contribution in [0.25, 0.3) is 0 Å². The minimum atomic E-state index is 0.698. The van der Waals surface area contributed by atoms with Crippen molar-refractivity contribution in [2.45, 2.75) is 19.2 Å². The molecule has 0 radical (unpaired) electrons. The van der Waals surface area contributed by atoms with Crippen molar-refractivity contribution in [1.82, 2.24) is 0 Å². The lowest BCUT2D eigenvalue weighted by molar-refractivity contribution is 1.18. The first-order valence-electron chi connectivity index (χ1n) is 6.46. The highest BCUT2D eigenvalue weighted by Crippen LogP contribution is 2.29. The fraction of sp³-hybridized carbons (Fsp3) is 0.235. The Bertz CT molecular complexity index is 651. The van der Waals surface area contributed by atoms with Gasteiger partial charge in [-0.25, -0.2) is 0 Å². The van der Waals surface area contributed by atoms with Gasteiger partial charge in [-0.1, -0.05) is 28.1 Å². The molecule has 0 spiro atoms. The maximum atomic E-state index is 9.35. The van der Waals surface area contributed by atoms with Crippen LogP contribution in [0.5, 0.6) is 0 Å². The Balaban J connectivity index is 2.47. The van der Waals surface area contributed by atoms with Crippen LogP contribution in [0, 0.1) is 25.2 Å². The van der Waals surface area contributed by atoms with Gasteiger partial charge in [-0.2, -0.15) is 5.26 Å². The Morgan fingerprint density at radius 3 is 2.30 bits per heavy atom. The van der Waals surface area contributed by atoms with Crippen LogP contribution in [0.3, 0.4) is 0 Å². The fourth-order valence-corrected chi connectivity index (χ4v) is 2.68. The van der Waals surface area contributed by atoms with Gasteiger partial charge in [-0.3, -0.25) is 0 Å². The van der Waals surface area contributed by atoms with Crippen molar-refractivity contribution >= 4 is 27.3 Å². The molecule has 0 unspecified atom stereocenters. The van der Waals surface area contributed by atoms with Gasteiger partial charge in [-0.05, 0) is 54.8 Å². The van der Waals surface area contributed by atoms with Gasteiger partial charge >= 0.3 is 0 Å². The quantitative estimate of drug-likeness (QED) is 0.754. The van der Waals surface area contributed by atoms with Crippen LogP contribution < -0.4 is 4.90 Å². The van der Waals surface area contributed by atoms with Crippen LogP contribution in [0.2, 0.25) is 0 Å². The number of nitriles is 1. The maximum Gasteiger partial charge on any atom is 0.101 e. The normalized spacial score (nSPS) is 10.2. The smallest absolute Gasteiger partial charge is 0.101 e. The molecule has 0 saturated carbocycles. The molecule has 0 aliphatic carbocycles. The molecule has 0 fully saturated rings. The number of rotatable bonds is 3. The minimum Gasteiger partial charge on any atom is -0.344 e. The second-order valence-corrected chi connectivity index (χ2v) is 5.56. The zero-order valence-corrected chi connectivity index (χ0v) is 13.5. The topological polar surface area (TPSA) is 27.0 Å². The van der Waals surface area contributed by atoms with E-state index in [0.717, 1.165) is 22.3 Å².